The third-order valence-electron chi connectivity index (χ3n) is 4.40. The maximum absolute atomic E-state index is 12.1. The van der Waals surface area contributed by atoms with Gasteiger partial charge in [0.1, 0.15) is 5.78 Å². The summed E-state index contributed by atoms with van der Waals surface area (Å²) in [5, 5.41) is 31.1. The maximum atomic E-state index is 12.1. The van der Waals surface area contributed by atoms with Crippen LogP contribution < -0.4 is 0 Å². The first-order valence-corrected chi connectivity index (χ1v) is 8.61. The maximum Gasteiger partial charge on any atom is 0.317 e. The quantitative estimate of drug-likeness (QED) is 0.201. The molecule has 0 saturated carbocycles. The number of hydrogen-bond donors (Lipinski definition) is 3. The van der Waals surface area contributed by atoms with Crippen LogP contribution >= 0.6 is 0 Å². The molecule has 26 heavy (non-hydrogen) atoms. The molecule has 0 radical (unpaired) electrons. The molecule has 1 atom stereocenters. The van der Waals surface area contributed by atoms with Crippen molar-refractivity contribution in [3.8, 4) is 0 Å². The number of Topliss-reactive ketones (excluding diaryl/α,β-unsaturated/α-hetero) is 1. The first kappa shape index (κ1) is 22.3. The number of nitrogens with zero attached hydrogens (tertiary/aromatic N) is 6. The Morgan fingerprint density at radius 1 is 1.12 bits per heavy atom. The van der Waals surface area contributed by atoms with Crippen molar-refractivity contribution in [2.24, 2.45) is 5.11 Å². The summed E-state index contributed by atoms with van der Waals surface area (Å²) in [4.78, 5) is 31.4. The van der Waals surface area contributed by atoms with Crippen LogP contribution in [0.3, 0.4) is 0 Å². The number of β-amino-alcohol motifs (C(OH)–C–C–N with tert-alkyl or cyclic N) is 2. The number of hydrogen-bond acceptors (Lipinski definition) is 8. The summed E-state index contributed by atoms with van der Waals surface area (Å²) in [7, 11) is 0. The van der Waals surface area contributed by atoms with E-state index in [-0.39, 0.29) is 25.4 Å². The van der Waals surface area contributed by atoms with Gasteiger partial charge >= 0.3 is 5.97 Å². The van der Waals surface area contributed by atoms with Gasteiger partial charge in [0.25, 0.3) is 0 Å². The van der Waals surface area contributed by atoms with Gasteiger partial charge in [0, 0.05) is 57.3 Å². The smallest absolute Gasteiger partial charge is 0.317 e. The van der Waals surface area contributed by atoms with E-state index in [1.165, 1.54) is 6.92 Å². The molecule has 1 aliphatic heterocycles. The van der Waals surface area contributed by atoms with Gasteiger partial charge in [-0.25, -0.2) is 0 Å². The van der Waals surface area contributed by atoms with Gasteiger partial charge in [-0.05, 0) is 18.9 Å². The zero-order valence-corrected chi connectivity index (χ0v) is 15.1. The zero-order chi connectivity index (χ0) is 19.5. The van der Waals surface area contributed by atoms with Crippen molar-refractivity contribution in [2.75, 3.05) is 58.9 Å². The zero-order valence-electron chi connectivity index (χ0n) is 15.1. The predicted octanol–water partition coefficient (Wildman–Crippen LogP) is -1.04. The van der Waals surface area contributed by atoms with E-state index in [0.717, 1.165) is 0 Å². The van der Waals surface area contributed by atoms with Crippen molar-refractivity contribution in [1.29, 1.82) is 0 Å². The molecule has 0 aromatic carbocycles. The molecule has 0 spiro atoms. The fraction of sp³-hybridized carbons (Fsp3) is 0.867. The van der Waals surface area contributed by atoms with E-state index in [4.69, 9.17) is 10.6 Å². The SMILES string of the molecule is CC(=O)C(CCN=[N+]=[N-])N1CCN(CC(=O)O)CCN(CC(O)O)CC1. The summed E-state index contributed by atoms with van der Waals surface area (Å²) in [6, 6.07) is -0.425. The monoisotopic (exact) mass is 372 g/mol. The lowest BCUT2D eigenvalue weighted by Crippen LogP contribution is -2.47. The first-order valence-electron chi connectivity index (χ1n) is 8.61. The molecular formula is C15H28N6O5. The van der Waals surface area contributed by atoms with Crippen LogP contribution in [0.25, 0.3) is 10.4 Å². The van der Waals surface area contributed by atoms with Crippen LogP contribution in [0.1, 0.15) is 13.3 Å². The van der Waals surface area contributed by atoms with E-state index < -0.39 is 18.3 Å². The molecule has 0 aliphatic carbocycles. The Labute approximate surface area is 152 Å². The largest absolute Gasteiger partial charge is 0.480 e. The number of carboxylic acid groups (broad SMARTS) is 1. The molecule has 11 nitrogen and oxygen atoms in total. The minimum atomic E-state index is -1.48. The lowest BCUT2D eigenvalue weighted by atomic mass is 10.1. The number of ketones is 1. The highest BCUT2D eigenvalue weighted by molar-refractivity contribution is 5.81. The molecule has 148 valence electrons. The molecule has 0 aromatic rings. The number of aliphatic hydroxyl groups excluding tert-OH is 1. The Kier molecular flexibility index (Phi) is 10.1. The Balaban J connectivity index is 2.88. The van der Waals surface area contributed by atoms with Crippen molar-refractivity contribution in [1.82, 2.24) is 14.7 Å². The molecule has 1 heterocycles. The molecule has 11 heteroatoms. The highest BCUT2D eigenvalue weighted by Gasteiger charge is 2.25. The van der Waals surface area contributed by atoms with Gasteiger partial charge in [-0.15, -0.1) is 0 Å². The third-order valence-corrected chi connectivity index (χ3v) is 4.40. The third kappa shape index (κ3) is 8.56. The van der Waals surface area contributed by atoms with Crippen LogP contribution in [-0.2, 0) is 9.59 Å². The van der Waals surface area contributed by atoms with Crippen LogP contribution in [0.15, 0.2) is 5.11 Å². The van der Waals surface area contributed by atoms with E-state index in [0.29, 0.717) is 45.7 Å². The first-order chi connectivity index (χ1) is 12.3. The van der Waals surface area contributed by atoms with Crippen LogP contribution in [0.2, 0.25) is 0 Å². The Morgan fingerprint density at radius 2 is 1.69 bits per heavy atom. The number of rotatable bonds is 9. The Morgan fingerprint density at radius 3 is 2.23 bits per heavy atom. The lowest BCUT2D eigenvalue weighted by Gasteiger charge is -2.31. The number of azide groups is 1. The van der Waals surface area contributed by atoms with E-state index in [2.05, 4.69) is 10.0 Å². The fourth-order valence-electron chi connectivity index (χ4n) is 3.10. The minimum Gasteiger partial charge on any atom is -0.480 e. The fourth-order valence-corrected chi connectivity index (χ4v) is 3.10. The number of aliphatic hydroxyl groups is 2. The van der Waals surface area contributed by atoms with Gasteiger partial charge in [-0.1, -0.05) is 5.11 Å². The summed E-state index contributed by atoms with van der Waals surface area (Å²) in [6.45, 7) is 4.63. The van der Waals surface area contributed by atoms with Gasteiger partial charge in [0.2, 0.25) is 0 Å². The van der Waals surface area contributed by atoms with Crippen molar-refractivity contribution >= 4 is 11.8 Å². The standard InChI is InChI=1S/C15H28N6O5/c1-12(22)13(2-3-17-18-16)21-8-6-19(10-14(23)24)4-5-20(7-9-21)11-15(25)26/h13-14,23-24H,2-11H2,1H3,(H,25,26). The molecule has 0 bridgehead atoms. The molecule has 0 aromatic heterocycles. The van der Waals surface area contributed by atoms with E-state index in [9.17, 15) is 19.8 Å². The minimum absolute atomic E-state index is 0.0454. The number of carbonyl (C=O) groups is 2. The number of carbonyl (C=O) groups excluding carboxylic acids is 1. The molecule has 1 fully saturated rings. The summed E-state index contributed by atoms with van der Waals surface area (Å²) >= 11 is 0. The van der Waals surface area contributed by atoms with Crippen molar-refractivity contribution in [3.63, 3.8) is 0 Å². The highest BCUT2D eigenvalue weighted by Crippen LogP contribution is 2.10. The topological polar surface area (TPSA) is 153 Å². The van der Waals surface area contributed by atoms with Gasteiger partial charge < -0.3 is 15.3 Å². The summed E-state index contributed by atoms with van der Waals surface area (Å²) < 4.78 is 0. The van der Waals surface area contributed by atoms with Gasteiger partial charge in [0.05, 0.1) is 12.6 Å². The van der Waals surface area contributed by atoms with E-state index in [1.807, 2.05) is 9.80 Å². The second kappa shape index (κ2) is 11.8. The predicted molar refractivity (Wildman–Crippen MR) is 93.4 cm³/mol. The summed E-state index contributed by atoms with van der Waals surface area (Å²) in [6.07, 6.45) is -1.09. The molecule has 0 amide bonds. The molecule has 1 unspecified atom stereocenters. The van der Waals surface area contributed by atoms with Crippen molar-refractivity contribution in [3.05, 3.63) is 10.4 Å². The van der Waals surface area contributed by atoms with Crippen molar-refractivity contribution < 1.29 is 24.9 Å². The second-order valence-corrected chi connectivity index (χ2v) is 6.36. The van der Waals surface area contributed by atoms with Gasteiger partial charge in [0.15, 0.2) is 6.29 Å². The number of aliphatic carboxylic acids is 1. The lowest BCUT2D eigenvalue weighted by molar-refractivity contribution is -0.138. The Hall–Kier alpha value is -1.75. The second-order valence-electron chi connectivity index (χ2n) is 6.36. The van der Waals surface area contributed by atoms with E-state index >= 15 is 0 Å². The highest BCUT2D eigenvalue weighted by atomic mass is 16.5. The van der Waals surface area contributed by atoms with Crippen molar-refractivity contribution in [2.45, 2.75) is 25.7 Å². The normalized spacial score (nSPS) is 19.2. The Bertz CT molecular complexity index is 511. The van der Waals surface area contributed by atoms with Gasteiger partial charge in [-0.3, -0.25) is 24.3 Å². The molecular weight excluding hydrogens is 344 g/mol. The average Bonchev–Trinajstić information content (AvgIpc) is 2.63. The average molecular weight is 372 g/mol. The van der Waals surface area contributed by atoms with Crippen LogP contribution in [-0.4, -0.2) is 113 Å². The summed E-state index contributed by atoms with van der Waals surface area (Å²) in [5.41, 5.74) is 8.43. The molecule has 1 aliphatic rings. The van der Waals surface area contributed by atoms with Crippen LogP contribution in [0.4, 0.5) is 0 Å². The van der Waals surface area contributed by atoms with Crippen LogP contribution in [0, 0.1) is 0 Å². The van der Waals surface area contributed by atoms with E-state index in [1.54, 1.807) is 4.90 Å². The molecule has 1 rings (SSSR count). The summed E-state index contributed by atoms with van der Waals surface area (Å²) in [5.74, 6) is -0.980. The van der Waals surface area contributed by atoms with Crippen LogP contribution in [0.5, 0.6) is 0 Å². The number of carboxylic acids is 1. The molecule has 3 N–H and O–H groups in total. The molecule has 1 saturated heterocycles. The van der Waals surface area contributed by atoms with Gasteiger partial charge in [-0.2, -0.15) is 0 Å².